The first-order valence-electron chi connectivity index (χ1n) is 13.7. The molecule has 0 saturated heterocycles. The van der Waals surface area contributed by atoms with E-state index in [1.165, 1.54) is 6.07 Å². The van der Waals surface area contributed by atoms with Crippen molar-refractivity contribution in [3.8, 4) is 34.8 Å². The zero-order valence-electron chi connectivity index (χ0n) is 24.2. The summed E-state index contributed by atoms with van der Waals surface area (Å²) in [6.45, 7) is 1.93. The normalized spacial score (nSPS) is 13.7. The number of carbonyl (C=O) groups is 1. The Morgan fingerprint density at radius 1 is 0.851 bits per heavy atom. The van der Waals surface area contributed by atoms with Crippen LogP contribution in [-0.2, 0) is 11.4 Å². The minimum absolute atomic E-state index is 0.0500. The number of hydrogen-bond acceptors (Lipinski definition) is 8. The summed E-state index contributed by atoms with van der Waals surface area (Å²) in [5.74, 6) is -0.251. The monoisotopic (exact) mass is 752 g/mol. The summed E-state index contributed by atoms with van der Waals surface area (Å²) in [4.78, 5) is 12.7. The number of nitrogens with two attached hydrogens (primary N) is 1. The van der Waals surface area contributed by atoms with Gasteiger partial charge in [0.2, 0.25) is 5.88 Å². The zero-order valence-corrected chi connectivity index (χ0v) is 28.7. The molecular formula is C33H22Cl6N2O6. The Bertz CT molecular complexity index is 1900. The second-order valence-electron chi connectivity index (χ2n) is 9.84. The second kappa shape index (κ2) is 15.0. The van der Waals surface area contributed by atoms with E-state index in [0.717, 1.165) is 5.56 Å². The molecule has 4 aromatic carbocycles. The largest absolute Gasteiger partial charge is 0.490 e. The average molecular weight is 755 g/mol. The van der Waals surface area contributed by atoms with Gasteiger partial charge in [0.1, 0.15) is 39.8 Å². The van der Waals surface area contributed by atoms with Crippen LogP contribution in [0.3, 0.4) is 0 Å². The van der Waals surface area contributed by atoms with Gasteiger partial charge in [-0.2, -0.15) is 5.26 Å². The van der Waals surface area contributed by atoms with Gasteiger partial charge in [0.15, 0.2) is 23.9 Å². The minimum atomic E-state index is -0.802. The molecule has 0 aliphatic carbocycles. The third-order valence-corrected chi connectivity index (χ3v) is 9.33. The van der Waals surface area contributed by atoms with Crippen LogP contribution in [0, 0.1) is 11.3 Å². The van der Waals surface area contributed by atoms with Crippen LogP contribution in [0.2, 0.25) is 30.1 Å². The van der Waals surface area contributed by atoms with E-state index in [1.807, 2.05) is 25.1 Å². The van der Waals surface area contributed by atoms with Gasteiger partial charge in [0.05, 0.1) is 27.6 Å². The summed E-state index contributed by atoms with van der Waals surface area (Å²) in [6.07, 6.45) is 0. The Morgan fingerprint density at radius 3 is 2.19 bits per heavy atom. The Morgan fingerprint density at radius 2 is 1.53 bits per heavy atom. The fourth-order valence-corrected chi connectivity index (χ4v) is 6.04. The molecule has 1 atom stereocenters. The first kappa shape index (κ1) is 34.6. The Kier molecular flexibility index (Phi) is 11.1. The van der Waals surface area contributed by atoms with Crippen LogP contribution in [0.25, 0.3) is 0 Å². The number of nitriles is 1. The van der Waals surface area contributed by atoms with Crippen LogP contribution in [0.4, 0.5) is 0 Å². The number of nitrogens with zero attached hydrogens (tertiary/aromatic N) is 1. The van der Waals surface area contributed by atoms with Crippen molar-refractivity contribution in [1.82, 2.24) is 0 Å². The van der Waals surface area contributed by atoms with Crippen molar-refractivity contribution in [1.29, 1.82) is 5.26 Å². The van der Waals surface area contributed by atoms with Crippen LogP contribution in [0.15, 0.2) is 72.1 Å². The number of allylic oxidation sites excluding steroid dienone is 1. The summed E-state index contributed by atoms with van der Waals surface area (Å²) in [5, 5.41) is 10.2. The smallest absolute Gasteiger partial charge is 0.349 e. The maximum atomic E-state index is 12.7. The lowest BCUT2D eigenvalue weighted by Gasteiger charge is -2.27. The molecule has 0 spiro atoms. The molecule has 1 aliphatic rings. The van der Waals surface area contributed by atoms with E-state index in [4.69, 9.17) is 99.0 Å². The molecule has 1 aliphatic heterocycles. The second-order valence-corrected chi connectivity index (χ2v) is 12.2. The van der Waals surface area contributed by atoms with Crippen molar-refractivity contribution in [3.63, 3.8) is 0 Å². The molecule has 0 saturated carbocycles. The number of esters is 1. The highest BCUT2D eigenvalue weighted by atomic mass is 35.5. The molecule has 1 unspecified atom stereocenters. The van der Waals surface area contributed by atoms with Crippen LogP contribution in [-0.4, -0.2) is 19.2 Å². The van der Waals surface area contributed by atoms with Crippen LogP contribution in [0.1, 0.15) is 29.5 Å². The van der Waals surface area contributed by atoms with Crippen molar-refractivity contribution in [2.24, 2.45) is 5.73 Å². The lowest BCUT2D eigenvalue weighted by Crippen LogP contribution is -2.22. The van der Waals surface area contributed by atoms with Gasteiger partial charge < -0.3 is 29.4 Å². The summed E-state index contributed by atoms with van der Waals surface area (Å²) in [5.41, 5.74) is 8.62. The van der Waals surface area contributed by atoms with Crippen molar-refractivity contribution in [3.05, 3.63) is 119 Å². The Balaban J connectivity index is 1.37. The highest BCUT2D eigenvalue weighted by Gasteiger charge is 2.32. The van der Waals surface area contributed by atoms with Gasteiger partial charge in [-0.1, -0.05) is 93.9 Å². The molecule has 8 nitrogen and oxygen atoms in total. The average Bonchev–Trinajstić information content (AvgIpc) is 3.06. The van der Waals surface area contributed by atoms with E-state index < -0.39 is 18.5 Å². The minimum Gasteiger partial charge on any atom is -0.490 e. The van der Waals surface area contributed by atoms with Gasteiger partial charge in [-0.05, 0) is 48.4 Å². The molecule has 0 amide bonds. The molecule has 242 valence electrons. The van der Waals surface area contributed by atoms with Gasteiger partial charge >= 0.3 is 5.97 Å². The van der Waals surface area contributed by atoms with E-state index in [9.17, 15) is 10.1 Å². The standard InChI is InChI=1S/C33H22Cl6N2O6/c1-2-43-24-11-17(5-10-22(24)44-14-16-3-6-18(34)7-4-16)26-20-9-8-19(12-23(20)47-33(41)21(26)13-40)46-25(42)15-45-32-30(38)28(36)27(35)29(37)31(32)39/h3-12,26H,2,14-15,41H2,1H3. The van der Waals surface area contributed by atoms with E-state index in [0.29, 0.717) is 40.9 Å². The van der Waals surface area contributed by atoms with E-state index in [2.05, 4.69) is 6.07 Å². The summed E-state index contributed by atoms with van der Waals surface area (Å²) < 4.78 is 28.6. The van der Waals surface area contributed by atoms with Gasteiger partial charge in [-0.3, -0.25) is 0 Å². The van der Waals surface area contributed by atoms with Crippen LogP contribution in [0.5, 0.6) is 28.7 Å². The van der Waals surface area contributed by atoms with E-state index >= 15 is 0 Å². The number of rotatable bonds is 10. The molecular weight excluding hydrogens is 733 g/mol. The lowest BCUT2D eigenvalue weighted by molar-refractivity contribution is -0.136. The molecule has 5 rings (SSSR count). The summed E-state index contributed by atoms with van der Waals surface area (Å²) >= 11 is 36.5. The fourth-order valence-electron chi connectivity index (χ4n) is 4.68. The molecule has 4 aromatic rings. The van der Waals surface area contributed by atoms with Crippen LogP contribution >= 0.6 is 69.6 Å². The van der Waals surface area contributed by atoms with Crippen molar-refractivity contribution < 1.29 is 28.5 Å². The SMILES string of the molecule is CCOc1cc(C2C(C#N)=C(N)Oc3cc(OC(=O)COc4c(Cl)c(Cl)c(Cl)c(Cl)c4Cl)ccc32)ccc1OCc1ccc(Cl)cc1. The number of halogens is 6. The fraction of sp³-hybridized carbons (Fsp3) is 0.152. The molecule has 0 bridgehead atoms. The van der Waals surface area contributed by atoms with Crippen molar-refractivity contribution in [2.45, 2.75) is 19.4 Å². The number of benzene rings is 4. The van der Waals surface area contributed by atoms with Gasteiger partial charge in [0, 0.05) is 16.7 Å². The topological polar surface area (TPSA) is 113 Å². The number of fused-ring (bicyclic) bond motifs is 1. The first-order chi connectivity index (χ1) is 22.5. The summed E-state index contributed by atoms with van der Waals surface area (Å²) in [7, 11) is 0. The van der Waals surface area contributed by atoms with E-state index in [-0.39, 0.29) is 53.8 Å². The van der Waals surface area contributed by atoms with Crippen molar-refractivity contribution >= 4 is 75.6 Å². The predicted molar refractivity (Wildman–Crippen MR) is 182 cm³/mol. The van der Waals surface area contributed by atoms with Gasteiger partial charge in [0.25, 0.3) is 0 Å². The maximum absolute atomic E-state index is 12.7. The lowest BCUT2D eigenvalue weighted by atomic mass is 9.83. The first-order valence-corrected chi connectivity index (χ1v) is 16.0. The molecule has 2 N–H and O–H groups in total. The van der Waals surface area contributed by atoms with Crippen LogP contribution < -0.4 is 29.4 Å². The number of carbonyl (C=O) groups excluding carboxylic acids is 1. The zero-order chi connectivity index (χ0) is 33.8. The molecule has 1 heterocycles. The summed E-state index contributed by atoms with van der Waals surface area (Å²) in [6, 6.07) is 19.6. The molecule has 47 heavy (non-hydrogen) atoms. The molecule has 0 fully saturated rings. The van der Waals surface area contributed by atoms with Gasteiger partial charge in [-0.15, -0.1) is 0 Å². The highest BCUT2D eigenvalue weighted by molar-refractivity contribution is 6.55. The number of ether oxygens (including phenoxy) is 5. The van der Waals surface area contributed by atoms with Gasteiger partial charge in [-0.25, -0.2) is 4.79 Å². The highest BCUT2D eigenvalue weighted by Crippen LogP contribution is 2.48. The predicted octanol–water partition coefficient (Wildman–Crippen LogP) is 9.79. The van der Waals surface area contributed by atoms with E-state index in [1.54, 1.807) is 36.4 Å². The van der Waals surface area contributed by atoms with Crippen molar-refractivity contribution in [2.75, 3.05) is 13.2 Å². The molecule has 0 radical (unpaired) electrons. The Labute approximate surface area is 299 Å². The number of hydrogen-bond donors (Lipinski definition) is 1. The quantitative estimate of drug-likeness (QED) is 0.0737. The Hall–Kier alpha value is -3.68. The third kappa shape index (κ3) is 7.57. The third-order valence-electron chi connectivity index (χ3n) is 6.83. The molecule has 14 heteroatoms. The maximum Gasteiger partial charge on any atom is 0.349 e. The molecule has 0 aromatic heterocycles.